The predicted octanol–water partition coefficient (Wildman–Crippen LogP) is 3.54. The fourth-order valence-corrected chi connectivity index (χ4v) is 2.12. The number of hydrogen-bond donors (Lipinski definition) is 1. The first-order valence-electron chi connectivity index (χ1n) is 4.20. The molecule has 1 rings (SSSR count). The third-order valence-electron chi connectivity index (χ3n) is 1.54. The number of carboxylic acids is 1. The maximum absolute atomic E-state index is 10.7. The second-order valence-electron chi connectivity index (χ2n) is 3.12. The van der Waals surface area contributed by atoms with E-state index in [1.54, 1.807) is 23.9 Å². The molecule has 0 aliphatic rings. The zero-order valence-electron chi connectivity index (χ0n) is 7.95. The monoisotopic (exact) mass is 230 g/mol. The first-order chi connectivity index (χ1) is 6.50. The second kappa shape index (κ2) is 4.71. The molecule has 0 aromatic heterocycles. The van der Waals surface area contributed by atoms with E-state index in [9.17, 15) is 4.79 Å². The Morgan fingerprint density at radius 1 is 1.50 bits per heavy atom. The molecule has 4 heteroatoms. The second-order valence-corrected chi connectivity index (χ2v) is 5.14. The molecule has 0 heterocycles. The number of carbonyl (C=O) groups is 1. The van der Waals surface area contributed by atoms with Crippen LogP contribution in [0.4, 0.5) is 0 Å². The third kappa shape index (κ3) is 2.93. The fourth-order valence-electron chi connectivity index (χ4n) is 0.981. The Morgan fingerprint density at radius 3 is 2.64 bits per heavy atom. The summed E-state index contributed by atoms with van der Waals surface area (Å²) in [5.41, 5.74) is 0.276. The highest BCUT2D eigenvalue weighted by Crippen LogP contribution is 2.30. The van der Waals surface area contributed by atoms with Crippen LogP contribution in [0, 0.1) is 0 Å². The van der Waals surface area contributed by atoms with Crippen molar-refractivity contribution in [2.75, 3.05) is 0 Å². The summed E-state index contributed by atoms with van der Waals surface area (Å²) in [4.78, 5) is 11.5. The zero-order valence-corrected chi connectivity index (χ0v) is 9.52. The minimum absolute atomic E-state index is 0.276. The van der Waals surface area contributed by atoms with E-state index < -0.39 is 5.97 Å². The van der Waals surface area contributed by atoms with Gasteiger partial charge in [0.05, 0.1) is 10.6 Å². The molecule has 0 bridgehead atoms. The topological polar surface area (TPSA) is 37.3 Å². The Balaban J connectivity index is 3.02. The standard InChI is InChI=1S/C10H11ClO2S/c1-6(2)14-9-5-7(10(12)13)3-4-8(9)11/h3-6H,1-2H3,(H,12,13). The SMILES string of the molecule is CC(C)Sc1cc(C(=O)O)ccc1Cl. The van der Waals surface area contributed by atoms with Gasteiger partial charge in [-0.1, -0.05) is 25.4 Å². The first-order valence-corrected chi connectivity index (χ1v) is 5.46. The van der Waals surface area contributed by atoms with Crippen molar-refractivity contribution in [3.8, 4) is 0 Å². The zero-order chi connectivity index (χ0) is 10.7. The lowest BCUT2D eigenvalue weighted by atomic mass is 10.2. The number of thioether (sulfide) groups is 1. The van der Waals surface area contributed by atoms with Crippen LogP contribution in [0.1, 0.15) is 24.2 Å². The highest BCUT2D eigenvalue weighted by Gasteiger charge is 2.08. The van der Waals surface area contributed by atoms with Crippen molar-refractivity contribution in [3.63, 3.8) is 0 Å². The molecule has 1 aromatic carbocycles. The summed E-state index contributed by atoms with van der Waals surface area (Å²) < 4.78 is 0. The van der Waals surface area contributed by atoms with Gasteiger partial charge in [-0.05, 0) is 18.2 Å². The van der Waals surface area contributed by atoms with Gasteiger partial charge in [0.2, 0.25) is 0 Å². The molecule has 1 N–H and O–H groups in total. The van der Waals surface area contributed by atoms with Crippen LogP contribution in [0.25, 0.3) is 0 Å². The van der Waals surface area contributed by atoms with Crippen LogP contribution in [0.3, 0.4) is 0 Å². The van der Waals surface area contributed by atoms with Gasteiger partial charge in [-0.3, -0.25) is 0 Å². The van der Waals surface area contributed by atoms with Crippen LogP contribution in [0.15, 0.2) is 23.1 Å². The molecule has 0 radical (unpaired) electrons. The largest absolute Gasteiger partial charge is 0.478 e. The smallest absolute Gasteiger partial charge is 0.335 e. The fraction of sp³-hybridized carbons (Fsp3) is 0.300. The molecule has 2 nitrogen and oxygen atoms in total. The molecule has 0 saturated heterocycles. The molecular formula is C10H11ClO2S. The molecule has 0 aliphatic carbocycles. The predicted molar refractivity (Wildman–Crippen MR) is 59.4 cm³/mol. The summed E-state index contributed by atoms with van der Waals surface area (Å²) in [6, 6.07) is 4.74. The maximum atomic E-state index is 10.7. The molecule has 0 atom stereocenters. The van der Waals surface area contributed by atoms with E-state index >= 15 is 0 Å². The molecule has 0 fully saturated rings. The molecule has 0 aliphatic heterocycles. The molecule has 0 spiro atoms. The van der Waals surface area contributed by atoms with Crippen molar-refractivity contribution in [1.29, 1.82) is 0 Å². The van der Waals surface area contributed by atoms with Gasteiger partial charge in [-0.25, -0.2) is 4.79 Å². The Morgan fingerprint density at radius 2 is 2.14 bits per heavy atom. The van der Waals surface area contributed by atoms with Crippen LogP contribution < -0.4 is 0 Å². The number of rotatable bonds is 3. The van der Waals surface area contributed by atoms with E-state index in [0.29, 0.717) is 10.3 Å². The Bertz CT molecular complexity index is 350. The highest BCUT2D eigenvalue weighted by atomic mass is 35.5. The molecule has 14 heavy (non-hydrogen) atoms. The molecule has 76 valence electrons. The molecule has 1 aromatic rings. The lowest BCUT2D eigenvalue weighted by molar-refractivity contribution is 0.0696. The van der Waals surface area contributed by atoms with Crippen molar-refractivity contribution in [3.05, 3.63) is 28.8 Å². The van der Waals surface area contributed by atoms with Crippen molar-refractivity contribution in [1.82, 2.24) is 0 Å². The summed E-state index contributed by atoms with van der Waals surface area (Å²) >= 11 is 7.49. The number of benzene rings is 1. The van der Waals surface area contributed by atoms with Crippen LogP contribution in [-0.2, 0) is 0 Å². The van der Waals surface area contributed by atoms with Gasteiger partial charge in [0.1, 0.15) is 0 Å². The van der Waals surface area contributed by atoms with Crippen molar-refractivity contribution >= 4 is 29.3 Å². The average molecular weight is 231 g/mol. The summed E-state index contributed by atoms with van der Waals surface area (Å²) in [6.07, 6.45) is 0. The van der Waals surface area contributed by atoms with Gasteiger partial charge in [-0.15, -0.1) is 11.8 Å². The Kier molecular flexibility index (Phi) is 3.84. The van der Waals surface area contributed by atoms with Gasteiger partial charge in [0, 0.05) is 10.1 Å². The lowest BCUT2D eigenvalue weighted by Crippen LogP contribution is -1.97. The van der Waals surface area contributed by atoms with Gasteiger partial charge in [0.25, 0.3) is 0 Å². The number of halogens is 1. The minimum Gasteiger partial charge on any atom is -0.478 e. The van der Waals surface area contributed by atoms with Crippen LogP contribution >= 0.6 is 23.4 Å². The average Bonchev–Trinajstić information content (AvgIpc) is 2.07. The molecule has 0 unspecified atom stereocenters. The Labute approximate surface area is 92.3 Å². The van der Waals surface area contributed by atoms with Crippen LogP contribution in [0.2, 0.25) is 5.02 Å². The summed E-state index contributed by atoms with van der Waals surface area (Å²) in [5.74, 6) is -0.924. The van der Waals surface area contributed by atoms with E-state index in [4.69, 9.17) is 16.7 Å². The summed E-state index contributed by atoms with van der Waals surface area (Å²) in [5, 5.41) is 9.77. The van der Waals surface area contributed by atoms with E-state index in [2.05, 4.69) is 0 Å². The first kappa shape index (κ1) is 11.4. The molecule has 0 amide bonds. The maximum Gasteiger partial charge on any atom is 0.335 e. The third-order valence-corrected chi connectivity index (χ3v) is 3.05. The van der Waals surface area contributed by atoms with Crippen molar-refractivity contribution in [2.24, 2.45) is 0 Å². The van der Waals surface area contributed by atoms with Gasteiger partial charge >= 0.3 is 5.97 Å². The van der Waals surface area contributed by atoms with Gasteiger partial charge in [-0.2, -0.15) is 0 Å². The number of aromatic carboxylic acids is 1. The lowest BCUT2D eigenvalue weighted by Gasteiger charge is -2.07. The Hall–Kier alpha value is -0.670. The van der Waals surface area contributed by atoms with Crippen molar-refractivity contribution < 1.29 is 9.90 Å². The van der Waals surface area contributed by atoms with Gasteiger partial charge in [0.15, 0.2) is 0 Å². The van der Waals surface area contributed by atoms with E-state index in [-0.39, 0.29) is 5.56 Å². The van der Waals surface area contributed by atoms with Crippen LogP contribution in [0.5, 0.6) is 0 Å². The summed E-state index contributed by atoms with van der Waals surface area (Å²) in [6.45, 7) is 4.07. The van der Waals surface area contributed by atoms with E-state index in [1.807, 2.05) is 13.8 Å². The summed E-state index contributed by atoms with van der Waals surface area (Å²) in [7, 11) is 0. The van der Waals surface area contributed by atoms with E-state index in [0.717, 1.165) is 4.90 Å². The van der Waals surface area contributed by atoms with Gasteiger partial charge < -0.3 is 5.11 Å². The molecule has 0 saturated carbocycles. The minimum atomic E-state index is -0.924. The van der Waals surface area contributed by atoms with Crippen LogP contribution in [-0.4, -0.2) is 16.3 Å². The van der Waals surface area contributed by atoms with Crippen molar-refractivity contribution in [2.45, 2.75) is 24.0 Å². The number of hydrogen-bond acceptors (Lipinski definition) is 2. The quantitative estimate of drug-likeness (QED) is 0.807. The number of carboxylic acid groups (broad SMARTS) is 1. The molecular weight excluding hydrogens is 220 g/mol. The normalized spacial score (nSPS) is 10.6. The highest BCUT2D eigenvalue weighted by molar-refractivity contribution is 8.00. The van der Waals surface area contributed by atoms with E-state index in [1.165, 1.54) is 6.07 Å².